The SMILES string of the molecule is C#CCOc1ccc(S(=O)(=O)Cl)cc1C(C)(C)C. The second-order valence-corrected chi connectivity index (χ2v) is 7.40. The van der Waals surface area contributed by atoms with E-state index in [4.69, 9.17) is 21.8 Å². The molecule has 5 heteroatoms. The van der Waals surface area contributed by atoms with Crippen LogP contribution in [0, 0.1) is 12.3 Å². The number of benzene rings is 1. The Bertz CT molecular complexity index is 577. The lowest BCUT2D eigenvalue weighted by atomic mass is 9.86. The zero-order valence-electron chi connectivity index (χ0n) is 10.5. The lowest BCUT2D eigenvalue weighted by Crippen LogP contribution is -2.14. The Hall–Kier alpha value is -1.18. The van der Waals surface area contributed by atoms with E-state index in [2.05, 4.69) is 5.92 Å². The molecule has 0 N–H and O–H groups in total. The van der Waals surface area contributed by atoms with Crippen LogP contribution in [0.15, 0.2) is 23.1 Å². The standard InChI is InChI=1S/C13H15ClO3S/c1-5-8-17-12-7-6-10(18(14,15)16)9-11(12)13(2,3)4/h1,6-7,9H,8H2,2-4H3. The highest BCUT2D eigenvalue weighted by molar-refractivity contribution is 8.13. The second kappa shape index (κ2) is 5.21. The lowest BCUT2D eigenvalue weighted by Gasteiger charge is -2.22. The van der Waals surface area contributed by atoms with Crippen LogP contribution in [0.1, 0.15) is 26.3 Å². The third-order valence-corrected chi connectivity index (χ3v) is 3.70. The van der Waals surface area contributed by atoms with Gasteiger partial charge in [0.25, 0.3) is 9.05 Å². The van der Waals surface area contributed by atoms with E-state index in [0.717, 1.165) is 5.56 Å². The van der Waals surface area contributed by atoms with E-state index in [1.54, 1.807) is 6.07 Å². The first-order valence-electron chi connectivity index (χ1n) is 5.31. The summed E-state index contributed by atoms with van der Waals surface area (Å²) in [6.07, 6.45) is 5.14. The molecule has 0 aromatic heterocycles. The Morgan fingerprint density at radius 1 is 1.39 bits per heavy atom. The molecule has 18 heavy (non-hydrogen) atoms. The maximum Gasteiger partial charge on any atom is 0.261 e. The molecule has 1 aromatic carbocycles. The van der Waals surface area contributed by atoms with Crippen LogP contribution in [0.4, 0.5) is 0 Å². The molecule has 0 aliphatic rings. The third kappa shape index (κ3) is 3.66. The van der Waals surface area contributed by atoms with E-state index in [1.165, 1.54) is 12.1 Å². The van der Waals surface area contributed by atoms with Crippen LogP contribution >= 0.6 is 10.7 Å². The average molecular weight is 287 g/mol. The molecule has 0 heterocycles. The molecule has 0 saturated carbocycles. The predicted octanol–water partition coefficient (Wildman–Crippen LogP) is 2.92. The smallest absolute Gasteiger partial charge is 0.261 e. The van der Waals surface area contributed by atoms with E-state index in [1.807, 2.05) is 20.8 Å². The van der Waals surface area contributed by atoms with Gasteiger partial charge in [-0.1, -0.05) is 26.7 Å². The maximum atomic E-state index is 11.3. The largest absolute Gasteiger partial charge is 0.481 e. The molecule has 0 aliphatic carbocycles. The van der Waals surface area contributed by atoms with Crippen molar-refractivity contribution in [1.82, 2.24) is 0 Å². The van der Waals surface area contributed by atoms with Gasteiger partial charge in [-0.15, -0.1) is 6.42 Å². The number of rotatable bonds is 3. The first-order chi connectivity index (χ1) is 8.16. The van der Waals surface area contributed by atoms with E-state index in [-0.39, 0.29) is 16.9 Å². The van der Waals surface area contributed by atoms with Crippen LogP contribution < -0.4 is 4.74 Å². The van der Waals surface area contributed by atoms with Crippen molar-refractivity contribution < 1.29 is 13.2 Å². The Morgan fingerprint density at radius 2 is 2.00 bits per heavy atom. The van der Waals surface area contributed by atoms with Gasteiger partial charge in [-0.2, -0.15) is 0 Å². The molecule has 1 aromatic rings. The van der Waals surface area contributed by atoms with Gasteiger partial charge in [0.05, 0.1) is 4.90 Å². The quantitative estimate of drug-likeness (QED) is 0.634. The molecule has 0 unspecified atom stereocenters. The Kier molecular flexibility index (Phi) is 4.31. The number of halogens is 1. The Morgan fingerprint density at radius 3 is 2.44 bits per heavy atom. The molecule has 98 valence electrons. The van der Waals surface area contributed by atoms with Crippen molar-refractivity contribution in [2.75, 3.05) is 6.61 Å². The van der Waals surface area contributed by atoms with Crippen molar-refractivity contribution in [3.05, 3.63) is 23.8 Å². The van der Waals surface area contributed by atoms with Gasteiger partial charge >= 0.3 is 0 Å². The summed E-state index contributed by atoms with van der Waals surface area (Å²) in [4.78, 5) is 0.0575. The van der Waals surface area contributed by atoms with Crippen LogP contribution in [0.25, 0.3) is 0 Å². The van der Waals surface area contributed by atoms with Gasteiger partial charge in [0.1, 0.15) is 12.4 Å². The van der Waals surface area contributed by atoms with Gasteiger partial charge in [0, 0.05) is 16.2 Å². The van der Waals surface area contributed by atoms with Crippen LogP contribution in [-0.2, 0) is 14.5 Å². The summed E-state index contributed by atoms with van der Waals surface area (Å²) in [6.45, 7) is 6.00. The van der Waals surface area contributed by atoms with Crippen LogP contribution in [-0.4, -0.2) is 15.0 Å². The van der Waals surface area contributed by atoms with Gasteiger partial charge in [0.15, 0.2) is 0 Å². The number of hydrogen-bond acceptors (Lipinski definition) is 3. The molecule has 0 aliphatic heterocycles. The molecular formula is C13H15ClO3S. The summed E-state index contributed by atoms with van der Waals surface area (Å²) in [5, 5.41) is 0. The molecule has 0 fully saturated rings. The number of hydrogen-bond donors (Lipinski definition) is 0. The van der Waals surface area contributed by atoms with Gasteiger partial charge < -0.3 is 4.74 Å². The maximum absolute atomic E-state index is 11.3. The molecule has 0 spiro atoms. The van der Waals surface area contributed by atoms with Crippen LogP contribution in [0.3, 0.4) is 0 Å². The summed E-state index contributed by atoms with van der Waals surface area (Å²) >= 11 is 0. The van der Waals surface area contributed by atoms with Gasteiger partial charge in [0.2, 0.25) is 0 Å². The monoisotopic (exact) mass is 286 g/mol. The molecule has 0 radical (unpaired) electrons. The minimum Gasteiger partial charge on any atom is -0.481 e. The third-order valence-electron chi connectivity index (χ3n) is 2.35. The van der Waals surface area contributed by atoms with Crippen LogP contribution in [0.5, 0.6) is 5.75 Å². The van der Waals surface area contributed by atoms with E-state index in [9.17, 15) is 8.42 Å². The van der Waals surface area contributed by atoms with E-state index < -0.39 is 9.05 Å². The van der Waals surface area contributed by atoms with Crippen molar-refractivity contribution in [2.45, 2.75) is 31.1 Å². The fraction of sp³-hybridized carbons (Fsp3) is 0.385. The van der Waals surface area contributed by atoms with Crippen molar-refractivity contribution in [1.29, 1.82) is 0 Å². The van der Waals surface area contributed by atoms with Crippen molar-refractivity contribution in [3.63, 3.8) is 0 Å². The lowest BCUT2D eigenvalue weighted by molar-refractivity contribution is 0.357. The Balaban J connectivity index is 3.36. The van der Waals surface area contributed by atoms with Gasteiger partial charge in [-0.3, -0.25) is 0 Å². The zero-order valence-corrected chi connectivity index (χ0v) is 12.1. The fourth-order valence-electron chi connectivity index (χ4n) is 1.49. The molecular weight excluding hydrogens is 272 g/mol. The molecule has 1 rings (SSSR count). The molecule has 0 saturated heterocycles. The summed E-state index contributed by atoms with van der Waals surface area (Å²) in [6, 6.07) is 4.50. The normalized spacial score (nSPS) is 11.9. The Labute approximate surface area is 113 Å². The number of terminal acetylenes is 1. The highest BCUT2D eigenvalue weighted by Gasteiger charge is 2.22. The summed E-state index contributed by atoms with van der Waals surface area (Å²) in [5.74, 6) is 2.95. The topological polar surface area (TPSA) is 43.4 Å². The highest BCUT2D eigenvalue weighted by atomic mass is 35.7. The minimum absolute atomic E-state index is 0.0575. The zero-order chi connectivity index (χ0) is 14.0. The van der Waals surface area contributed by atoms with Crippen LogP contribution in [0.2, 0.25) is 0 Å². The van der Waals surface area contributed by atoms with Crippen molar-refractivity contribution in [2.24, 2.45) is 0 Å². The van der Waals surface area contributed by atoms with E-state index >= 15 is 0 Å². The number of ether oxygens (including phenoxy) is 1. The summed E-state index contributed by atoms with van der Waals surface area (Å²) < 4.78 is 28.1. The molecule has 0 amide bonds. The summed E-state index contributed by atoms with van der Waals surface area (Å²) in [5.41, 5.74) is 0.473. The predicted molar refractivity (Wildman–Crippen MR) is 72.5 cm³/mol. The van der Waals surface area contributed by atoms with Gasteiger partial charge in [-0.25, -0.2) is 8.42 Å². The minimum atomic E-state index is -3.75. The molecule has 3 nitrogen and oxygen atoms in total. The summed E-state index contributed by atoms with van der Waals surface area (Å²) in [7, 11) is 1.59. The first-order valence-corrected chi connectivity index (χ1v) is 7.62. The molecule has 0 atom stereocenters. The first kappa shape index (κ1) is 14.9. The van der Waals surface area contributed by atoms with E-state index in [0.29, 0.717) is 5.75 Å². The van der Waals surface area contributed by atoms with Gasteiger partial charge in [-0.05, 0) is 23.6 Å². The van der Waals surface area contributed by atoms with Crippen molar-refractivity contribution >= 4 is 19.7 Å². The fourth-order valence-corrected chi connectivity index (χ4v) is 2.27. The molecule has 0 bridgehead atoms. The second-order valence-electron chi connectivity index (χ2n) is 4.84. The highest BCUT2D eigenvalue weighted by Crippen LogP contribution is 2.34. The average Bonchev–Trinajstić information content (AvgIpc) is 2.23. The van der Waals surface area contributed by atoms with Crippen molar-refractivity contribution in [3.8, 4) is 18.1 Å².